The second-order valence-electron chi connectivity index (χ2n) is 3.82. The molecule has 2 heterocycles. The zero-order valence-corrected chi connectivity index (χ0v) is 12.1. The minimum atomic E-state index is -1.58. The molecule has 1 amide bonds. The molecule has 1 N–H and O–H groups in total. The van der Waals surface area contributed by atoms with Crippen LogP contribution >= 0.6 is 15.9 Å². The molecule has 0 saturated heterocycles. The minimum Gasteiger partial charge on any atom is -0.495 e. The van der Waals surface area contributed by atoms with E-state index in [1.807, 2.05) is 6.07 Å². The number of fused-ring (bicyclic) bond motifs is 1. The van der Waals surface area contributed by atoms with Gasteiger partial charge in [-0.1, -0.05) is 0 Å². The molecule has 1 atom stereocenters. The van der Waals surface area contributed by atoms with Gasteiger partial charge in [0.15, 0.2) is 16.0 Å². The number of methoxy groups -OCH3 is 1. The average molecular weight is 342 g/mol. The maximum absolute atomic E-state index is 11.8. The number of aromatic nitrogens is 2. The predicted octanol–water partition coefficient (Wildman–Crippen LogP) is 1.40. The third kappa shape index (κ3) is 1.96. The normalized spacial score (nSPS) is 18.5. The fraction of sp³-hybridized carbons (Fsp3) is 0.0909. The third-order valence-electron chi connectivity index (χ3n) is 2.69. The van der Waals surface area contributed by atoms with Crippen molar-refractivity contribution in [3.05, 3.63) is 28.9 Å². The molecule has 1 aliphatic heterocycles. The van der Waals surface area contributed by atoms with Gasteiger partial charge in [0, 0.05) is 17.5 Å². The van der Waals surface area contributed by atoms with Crippen molar-refractivity contribution in [3.63, 3.8) is 0 Å². The van der Waals surface area contributed by atoms with Gasteiger partial charge >= 0.3 is 0 Å². The Morgan fingerprint density at radius 1 is 1.47 bits per heavy atom. The smallest absolute Gasteiger partial charge is 0.258 e. The summed E-state index contributed by atoms with van der Waals surface area (Å²) in [5.74, 6) is 0.249. The highest BCUT2D eigenvalue weighted by Crippen LogP contribution is 2.31. The summed E-state index contributed by atoms with van der Waals surface area (Å²) in [6, 6.07) is 3.62. The fourth-order valence-corrected chi connectivity index (χ4v) is 3.22. The number of hydrogen-bond donors (Lipinski definition) is 1. The van der Waals surface area contributed by atoms with Crippen LogP contribution in [0.1, 0.15) is 0 Å². The van der Waals surface area contributed by atoms with Crippen LogP contribution in [0.2, 0.25) is 0 Å². The minimum absolute atomic E-state index is 0.310. The highest BCUT2D eigenvalue weighted by Gasteiger charge is 2.23. The molecule has 6 nitrogen and oxygen atoms in total. The molecule has 1 aromatic heterocycles. The van der Waals surface area contributed by atoms with E-state index in [4.69, 9.17) is 4.74 Å². The summed E-state index contributed by atoms with van der Waals surface area (Å²) in [5, 5.41) is 5.33. The van der Waals surface area contributed by atoms with Gasteiger partial charge in [-0.15, -0.1) is 0 Å². The number of nitrogens with zero attached hydrogens (tertiary/aromatic N) is 2. The van der Waals surface area contributed by atoms with E-state index in [2.05, 4.69) is 25.8 Å². The zero-order chi connectivity index (χ0) is 13.6. The lowest BCUT2D eigenvalue weighted by atomic mass is 10.2. The molecule has 0 spiro atoms. The van der Waals surface area contributed by atoms with Crippen LogP contribution in [0, 0.1) is 0 Å². The first-order valence-electron chi connectivity index (χ1n) is 5.26. The van der Waals surface area contributed by atoms with Gasteiger partial charge in [-0.2, -0.15) is 5.10 Å². The lowest BCUT2D eigenvalue weighted by Crippen LogP contribution is -2.17. The SMILES string of the molecule is COc1cc2c(cnn2C2=CC(=O)NS2=O)cc1Br. The van der Waals surface area contributed by atoms with Crippen molar-refractivity contribution in [1.29, 1.82) is 0 Å². The van der Waals surface area contributed by atoms with E-state index >= 15 is 0 Å². The zero-order valence-electron chi connectivity index (χ0n) is 9.71. The van der Waals surface area contributed by atoms with E-state index in [-0.39, 0.29) is 5.91 Å². The number of carbonyl (C=O) groups is 1. The van der Waals surface area contributed by atoms with Crippen molar-refractivity contribution < 1.29 is 13.7 Å². The van der Waals surface area contributed by atoms with Gasteiger partial charge in [-0.25, -0.2) is 8.89 Å². The van der Waals surface area contributed by atoms with Crippen LogP contribution in [0.3, 0.4) is 0 Å². The first-order valence-corrected chi connectivity index (χ1v) is 7.20. The first kappa shape index (κ1) is 12.4. The second-order valence-corrected chi connectivity index (χ2v) is 5.83. The van der Waals surface area contributed by atoms with Crippen molar-refractivity contribution >= 4 is 48.8 Å². The number of rotatable bonds is 2. The Bertz CT molecular complexity index is 753. The highest BCUT2D eigenvalue weighted by atomic mass is 79.9. The molecule has 3 rings (SSSR count). The average Bonchev–Trinajstić information content (AvgIpc) is 2.90. The van der Waals surface area contributed by atoms with E-state index in [1.54, 1.807) is 19.4 Å². The molecule has 0 fully saturated rings. The first-order chi connectivity index (χ1) is 9.10. The highest BCUT2D eigenvalue weighted by molar-refractivity contribution is 9.10. The van der Waals surface area contributed by atoms with E-state index in [0.717, 1.165) is 15.4 Å². The Morgan fingerprint density at radius 2 is 2.26 bits per heavy atom. The molecule has 0 bridgehead atoms. The van der Waals surface area contributed by atoms with E-state index in [0.29, 0.717) is 10.8 Å². The Kier molecular flexibility index (Phi) is 2.90. The fourth-order valence-electron chi connectivity index (χ4n) is 1.84. The molecular formula is C11H8BrN3O3S. The number of nitrogens with one attached hydrogen (secondary N) is 1. The predicted molar refractivity (Wildman–Crippen MR) is 74.5 cm³/mol. The molecule has 0 radical (unpaired) electrons. The lowest BCUT2D eigenvalue weighted by molar-refractivity contribution is -0.114. The maximum Gasteiger partial charge on any atom is 0.258 e. The van der Waals surface area contributed by atoms with Gasteiger partial charge in [0.1, 0.15) is 5.75 Å². The molecule has 1 aliphatic rings. The molecule has 1 unspecified atom stereocenters. The number of halogens is 1. The van der Waals surface area contributed by atoms with Crippen LogP contribution < -0.4 is 9.46 Å². The van der Waals surface area contributed by atoms with E-state index < -0.39 is 11.0 Å². The lowest BCUT2D eigenvalue weighted by Gasteiger charge is -2.06. The molecular weight excluding hydrogens is 334 g/mol. The quantitative estimate of drug-likeness (QED) is 0.895. The molecule has 19 heavy (non-hydrogen) atoms. The van der Waals surface area contributed by atoms with Crippen LogP contribution in [-0.4, -0.2) is 27.0 Å². The second kappa shape index (κ2) is 4.46. The van der Waals surface area contributed by atoms with Crippen molar-refractivity contribution in [2.75, 3.05) is 7.11 Å². The molecule has 98 valence electrons. The van der Waals surface area contributed by atoms with Crippen molar-refractivity contribution in [1.82, 2.24) is 14.5 Å². The third-order valence-corrected chi connectivity index (χ3v) is 4.37. The van der Waals surface area contributed by atoms with Crippen LogP contribution in [0.25, 0.3) is 15.9 Å². The van der Waals surface area contributed by atoms with Crippen molar-refractivity contribution in [3.8, 4) is 5.75 Å². The van der Waals surface area contributed by atoms with Crippen molar-refractivity contribution in [2.24, 2.45) is 0 Å². The van der Waals surface area contributed by atoms with Gasteiger partial charge in [-0.05, 0) is 22.0 Å². The number of benzene rings is 1. The standard InChI is InChI=1S/C11H8BrN3O3S/c1-18-9-3-8-6(2-7(9)12)5-13-15(8)11-4-10(16)14-19(11)17/h2-5H,1H3,(H,14,16). The van der Waals surface area contributed by atoms with Gasteiger partial charge < -0.3 is 4.74 Å². The van der Waals surface area contributed by atoms with Crippen LogP contribution in [0.5, 0.6) is 5.75 Å². The van der Waals surface area contributed by atoms with Gasteiger partial charge in [-0.3, -0.25) is 9.52 Å². The summed E-state index contributed by atoms with van der Waals surface area (Å²) in [7, 11) is -0.0203. The van der Waals surface area contributed by atoms with Crippen LogP contribution in [-0.2, 0) is 15.8 Å². The summed E-state index contributed by atoms with van der Waals surface area (Å²) in [6.45, 7) is 0. The van der Waals surface area contributed by atoms with Gasteiger partial charge in [0.2, 0.25) is 0 Å². The Labute approximate surface area is 119 Å². The summed E-state index contributed by atoms with van der Waals surface area (Å²) < 4.78 is 21.6. The van der Waals surface area contributed by atoms with E-state index in [1.165, 1.54) is 10.8 Å². The molecule has 8 heteroatoms. The number of carbonyl (C=O) groups excluding carboxylic acids is 1. The van der Waals surface area contributed by atoms with Gasteiger partial charge in [0.05, 0.1) is 23.3 Å². The largest absolute Gasteiger partial charge is 0.495 e. The number of ether oxygens (including phenoxy) is 1. The Balaban J connectivity index is 2.23. The molecule has 0 saturated carbocycles. The summed E-state index contributed by atoms with van der Waals surface area (Å²) >= 11 is 3.39. The van der Waals surface area contributed by atoms with Crippen LogP contribution in [0.15, 0.2) is 28.9 Å². The molecule has 1 aromatic carbocycles. The summed E-state index contributed by atoms with van der Waals surface area (Å²) in [4.78, 5) is 11.2. The Morgan fingerprint density at radius 3 is 2.89 bits per heavy atom. The van der Waals surface area contributed by atoms with E-state index in [9.17, 15) is 9.00 Å². The van der Waals surface area contributed by atoms with Crippen molar-refractivity contribution in [2.45, 2.75) is 0 Å². The summed E-state index contributed by atoms with van der Waals surface area (Å²) in [6.07, 6.45) is 2.91. The molecule has 0 aliphatic carbocycles. The number of amides is 1. The number of hydrogen-bond acceptors (Lipinski definition) is 4. The summed E-state index contributed by atoms with van der Waals surface area (Å²) in [5.41, 5.74) is 0.719. The topological polar surface area (TPSA) is 73.2 Å². The molecule has 2 aromatic rings. The Hall–Kier alpha value is -1.67. The van der Waals surface area contributed by atoms with Gasteiger partial charge in [0.25, 0.3) is 5.91 Å². The monoisotopic (exact) mass is 341 g/mol. The van der Waals surface area contributed by atoms with Crippen LogP contribution in [0.4, 0.5) is 0 Å². The maximum atomic E-state index is 11.8.